The second-order valence-corrected chi connectivity index (χ2v) is 5.35. The molecule has 0 saturated heterocycles. The van der Waals surface area contributed by atoms with Crippen LogP contribution in [0.5, 0.6) is 11.5 Å². The summed E-state index contributed by atoms with van der Waals surface area (Å²) in [7, 11) is 0. The van der Waals surface area contributed by atoms with Gasteiger partial charge in [-0.3, -0.25) is 4.79 Å². The van der Waals surface area contributed by atoms with Crippen molar-refractivity contribution in [3.63, 3.8) is 0 Å². The molecule has 2 aromatic carbocycles. The molecule has 5 nitrogen and oxygen atoms in total. The fourth-order valence-electron chi connectivity index (χ4n) is 2.68. The molecule has 5 heteroatoms. The molecule has 24 heavy (non-hydrogen) atoms. The van der Waals surface area contributed by atoms with Crippen molar-refractivity contribution in [2.75, 3.05) is 6.61 Å². The van der Waals surface area contributed by atoms with Crippen LogP contribution in [-0.2, 0) is 0 Å². The van der Waals surface area contributed by atoms with Gasteiger partial charge in [0.2, 0.25) is 16.9 Å². The van der Waals surface area contributed by atoms with Crippen molar-refractivity contribution in [2.24, 2.45) is 0 Å². The maximum absolute atomic E-state index is 12.3. The van der Waals surface area contributed by atoms with Crippen LogP contribution in [0.25, 0.3) is 33.5 Å². The molecule has 0 aliphatic heterocycles. The lowest BCUT2D eigenvalue weighted by Gasteiger charge is -2.03. The van der Waals surface area contributed by atoms with E-state index in [-0.39, 0.29) is 5.76 Å². The van der Waals surface area contributed by atoms with Gasteiger partial charge in [0.25, 0.3) is 0 Å². The predicted molar refractivity (Wildman–Crippen MR) is 90.5 cm³/mol. The van der Waals surface area contributed by atoms with Crippen molar-refractivity contribution in [2.45, 2.75) is 6.92 Å². The third-order valence-electron chi connectivity index (χ3n) is 3.80. The van der Waals surface area contributed by atoms with Gasteiger partial charge in [0.1, 0.15) is 16.9 Å². The number of fused-ring (bicyclic) bond motifs is 2. The SMILES string of the molecule is CCOc1ccc2cc(-c3oc4ccccc4c(=O)c3O)oc2c1. The lowest BCUT2D eigenvalue weighted by Crippen LogP contribution is -2.01. The molecule has 2 aromatic heterocycles. The largest absolute Gasteiger partial charge is 0.501 e. The quantitative estimate of drug-likeness (QED) is 0.608. The summed E-state index contributed by atoms with van der Waals surface area (Å²) in [6.45, 7) is 2.46. The van der Waals surface area contributed by atoms with E-state index in [1.807, 2.05) is 19.1 Å². The van der Waals surface area contributed by atoms with Crippen molar-refractivity contribution in [3.8, 4) is 23.0 Å². The maximum atomic E-state index is 12.3. The monoisotopic (exact) mass is 322 g/mol. The first-order valence-electron chi connectivity index (χ1n) is 7.59. The van der Waals surface area contributed by atoms with E-state index in [1.54, 1.807) is 36.4 Å². The van der Waals surface area contributed by atoms with Crippen LogP contribution >= 0.6 is 0 Å². The first-order valence-corrected chi connectivity index (χ1v) is 7.59. The Morgan fingerprint density at radius 1 is 1.04 bits per heavy atom. The number of hydrogen-bond acceptors (Lipinski definition) is 5. The van der Waals surface area contributed by atoms with Gasteiger partial charge in [-0.15, -0.1) is 0 Å². The van der Waals surface area contributed by atoms with Crippen LogP contribution in [0.15, 0.2) is 62.2 Å². The minimum absolute atomic E-state index is 0.0212. The topological polar surface area (TPSA) is 72.8 Å². The number of aromatic hydroxyl groups is 1. The highest BCUT2D eigenvalue weighted by Crippen LogP contribution is 2.35. The predicted octanol–water partition coefficient (Wildman–Crippen LogP) is 4.31. The van der Waals surface area contributed by atoms with E-state index in [1.165, 1.54) is 0 Å². The average molecular weight is 322 g/mol. The minimum Gasteiger partial charge on any atom is -0.501 e. The highest BCUT2D eigenvalue weighted by Gasteiger charge is 2.18. The Morgan fingerprint density at radius 3 is 2.71 bits per heavy atom. The first-order chi connectivity index (χ1) is 11.7. The number of benzene rings is 2. The molecule has 0 amide bonds. The van der Waals surface area contributed by atoms with Crippen LogP contribution in [0.2, 0.25) is 0 Å². The molecule has 0 aliphatic rings. The highest BCUT2D eigenvalue weighted by atomic mass is 16.5. The number of rotatable bonds is 3. The summed E-state index contributed by atoms with van der Waals surface area (Å²) in [5, 5.41) is 11.4. The molecule has 4 aromatic rings. The van der Waals surface area contributed by atoms with Crippen molar-refractivity contribution in [1.29, 1.82) is 0 Å². The zero-order valence-electron chi connectivity index (χ0n) is 12.9. The zero-order valence-corrected chi connectivity index (χ0v) is 12.9. The van der Waals surface area contributed by atoms with Crippen LogP contribution in [0, 0.1) is 0 Å². The normalized spacial score (nSPS) is 11.2. The van der Waals surface area contributed by atoms with Crippen LogP contribution in [0.4, 0.5) is 0 Å². The molecule has 0 fully saturated rings. The van der Waals surface area contributed by atoms with Crippen molar-refractivity contribution in [3.05, 3.63) is 58.8 Å². The van der Waals surface area contributed by atoms with Crippen LogP contribution in [-0.4, -0.2) is 11.7 Å². The van der Waals surface area contributed by atoms with Crippen LogP contribution in [0.3, 0.4) is 0 Å². The molecular formula is C19H14O5. The van der Waals surface area contributed by atoms with E-state index in [2.05, 4.69) is 0 Å². The molecule has 0 saturated carbocycles. The van der Waals surface area contributed by atoms with Gasteiger partial charge in [-0.1, -0.05) is 12.1 Å². The summed E-state index contributed by atoms with van der Waals surface area (Å²) in [6.07, 6.45) is 0. The van der Waals surface area contributed by atoms with Gasteiger partial charge in [-0.25, -0.2) is 0 Å². The standard InChI is InChI=1S/C19H14O5/c1-2-22-12-8-7-11-9-16(23-15(11)10-12)19-18(21)17(20)13-5-3-4-6-14(13)24-19/h3-10,21H,2H2,1H3. The summed E-state index contributed by atoms with van der Waals surface area (Å²) >= 11 is 0. The Balaban J connectivity index is 1.92. The molecule has 0 aliphatic carbocycles. The van der Waals surface area contributed by atoms with Gasteiger partial charge < -0.3 is 18.7 Å². The number of para-hydroxylation sites is 1. The van der Waals surface area contributed by atoms with Crippen LogP contribution in [0.1, 0.15) is 6.92 Å². The second-order valence-electron chi connectivity index (χ2n) is 5.35. The third kappa shape index (κ3) is 2.22. The summed E-state index contributed by atoms with van der Waals surface area (Å²) < 4.78 is 16.9. The Labute approximate surface area is 136 Å². The Hall–Kier alpha value is -3.21. The maximum Gasteiger partial charge on any atom is 0.235 e. The third-order valence-corrected chi connectivity index (χ3v) is 3.80. The van der Waals surface area contributed by atoms with Crippen LogP contribution < -0.4 is 10.2 Å². The lowest BCUT2D eigenvalue weighted by molar-refractivity contribution is 0.340. The Morgan fingerprint density at radius 2 is 1.88 bits per heavy atom. The molecule has 0 unspecified atom stereocenters. The van der Waals surface area contributed by atoms with Gasteiger partial charge in [0.05, 0.1) is 12.0 Å². The highest BCUT2D eigenvalue weighted by molar-refractivity contribution is 5.86. The molecule has 0 radical (unpaired) electrons. The Bertz CT molecular complexity index is 1100. The van der Waals surface area contributed by atoms with E-state index >= 15 is 0 Å². The lowest BCUT2D eigenvalue weighted by atomic mass is 10.2. The van der Waals surface area contributed by atoms with Gasteiger partial charge in [0, 0.05) is 11.5 Å². The molecule has 4 rings (SSSR count). The van der Waals surface area contributed by atoms with E-state index in [0.717, 1.165) is 5.39 Å². The van der Waals surface area contributed by atoms with Crippen molar-refractivity contribution in [1.82, 2.24) is 0 Å². The fourth-order valence-corrected chi connectivity index (χ4v) is 2.68. The Kier molecular flexibility index (Phi) is 3.27. The molecule has 0 spiro atoms. The molecule has 120 valence electrons. The molecule has 1 N–H and O–H groups in total. The summed E-state index contributed by atoms with van der Waals surface area (Å²) in [6, 6.07) is 13.9. The van der Waals surface area contributed by atoms with E-state index < -0.39 is 11.2 Å². The van der Waals surface area contributed by atoms with Crippen molar-refractivity contribution >= 4 is 21.9 Å². The number of hydrogen-bond donors (Lipinski definition) is 1. The van der Waals surface area contributed by atoms with Gasteiger partial charge in [-0.2, -0.15) is 0 Å². The summed E-state index contributed by atoms with van der Waals surface area (Å²) in [5.41, 5.74) is 0.499. The van der Waals surface area contributed by atoms with E-state index in [4.69, 9.17) is 13.6 Å². The number of ether oxygens (including phenoxy) is 1. The summed E-state index contributed by atoms with van der Waals surface area (Å²) in [5.74, 6) is 0.541. The first kappa shape index (κ1) is 14.4. The summed E-state index contributed by atoms with van der Waals surface area (Å²) in [4.78, 5) is 12.3. The molecule has 2 heterocycles. The second kappa shape index (κ2) is 5.45. The zero-order chi connectivity index (χ0) is 16.7. The molecular weight excluding hydrogens is 308 g/mol. The van der Waals surface area contributed by atoms with E-state index in [0.29, 0.717) is 34.7 Å². The smallest absolute Gasteiger partial charge is 0.235 e. The van der Waals surface area contributed by atoms with Gasteiger partial charge >= 0.3 is 0 Å². The van der Waals surface area contributed by atoms with Gasteiger partial charge in [-0.05, 0) is 37.3 Å². The molecule has 0 bridgehead atoms. The number of furan rings is 1. The van der Waals surface area contributed by atoms with E-state index in [9.17, 15) is 9.90 Å². The average Bonchev–Trinajstić information content (AvgIpc) is 3.01. The van der Waals surface area contributed by atoms with Gasteiger partial charge in [0.15, 0.2) is 5.76 Å². The molecule has 0 atom stereocenters. The van der Waals surface area contributed by atoms with Crippen molar-refractivity contribution < 1.29 is 18.7 Å². The minimum atomic E-state index is -0.484. The fraction of sp³-hybridized carbons (Fsp3) is 0.105.